The van der Waals surface area contributed by atoms with E-state index in [1.807, 2.05) is 0 Å². The smallest absolute Gasteiger partial charge is 0.304 e. The van der Waals surface area contributed by atoms with Gasteiger partial charge in [0.1, 0.15) is 0 Å². The first-order valence-corrected chi connectivity index (χ1v) is 6.87. The summed E-state index contributed by atoms with van der Waals surface area (Å²) in [6, 6.07) is 5.36. The van der Waals surface area contributed by atoms with E-state index < -0.39 is 29.7 Å². The van der Waals surface area contributed by atoms with Crippen LogP contribution in [0.1, 0.15) is 56.0 Å². The highest BCUT2D eigenvalue weighted by Crippen LogP contribution is 2.49. The lowest BCUT2D eigenvalue weighted by Gasteiger charge is -2.45. The van der Waals surface area contributed by atoms with Crippen molar-refractivity contribution in [3.8, 4) is 0 Å². The molecular weight excluding hydrogens is 254 g/mol. The lowest BCUT2D eigenvalue weighted by molar-refractivity contribution is -0.144. The van der Waals surface area contributed by atoms with Crippen molar-refractivity contribution in [3.05, 3.63) is 30.1 Å². The molecule has 1 atom stereocenters. The van der Waals surface area contributed by atoms with Gasteiger partial charge in [-0.1, -0.05) is 18.8 Å². The molecule has 1 saturated carbocycles. The van der Waals surface area contributed by atoms with Crippen LogP contribution in [-0.4, -0.2) is 28.3 Å². The lowest BCUT2D eigenvalue weighted by atomic mass is 9.68. The van der Waals surface area contributed by atoms with Crippen LogP contribution in [-0.2, 0) is 14.9 Å². The SMILES string of the molecule is [2H]C1([2H])CC2(CC1([2H])[2H])C[C@](CC(=O)O)(c1ccccn1)CCO2. The normalized spacial score (nSPS) is 36.6. The number of carboxylic acids is 1. The van der Waals surface area contributed by atoms with E-state index in [2.05, 4.69) is 4.98 Å². The van der Waals surface area contributed by atoms with Crippen LogP contribution in [0.4, 0.5) is 0 Å². The lowest BCUT2D eigenvalue weighted by Crippen LogP contribution is -2.47. The van der Waals surface area contributed by atoms with Crippen LogP contribution in [0.25, 0.3) is 0 Å². The second-order valence-corrected chi connectivity index (χ2v) is 5.73. The van der Waals surface area contributed by atoms with Crippen molar-refractivity contribution >= 4 is 5.97 Å². The number of pyridine rings is 1. The molecule has 2 heterocycles. The summed E-state index contributed by atoms with van der Waals surface area (Å²) < 4.78 is 37.9. The number of carbonyl (C=O) groups is 1. The van der Waals surface area contributed by atoms with Gasteiger partial charge in [-0.15, -0.1) is 0 Å². The van der Waals surface area contributed by atoms with E-state index in [1.165, 1.54) is 0 Å². The van der Waals surface area contributed by atoms with Gasteiger partial charge in [0.15, 0.2) is 0 Å². The van der Waals surface area contributed by atoms with Crippen molar-refractivity contribution in [2.24, 2.45) is 0 Å². The molecule has 2 fully saturated rings. The first-order valence-electron chi connectivity index (χ1n) is 8.87. The largest absolute Gasteiger partial charge is 0.481 e. The maximum absolute atomic E-state index is 11.5. The Balaban J connectivity index is 1.99. The van der Waals surface area contributed by atoms with E-state index in [4.69, 9.17) is 10.2 Å². The van der Waals surface area contributed by atoms with E-state index in [9.17, 15) is 9.90 Å². The van der Waals surface area contributed by atoms with Gasteiger partial charge in [0.25, 0.3) is 0 Å². The monoisotopic (exact) mass is 279 g/mol. The van der Waals surface area contributed by atoms with Gasteiger partial charge in [0.2, 0.25) is 0 Å². The molecule has 1 aromatic heterocycles. The number of hydrogen-bond donors (Lipinski definition) is 1. The second kappa shape index (κ2) is 5.17. The van der Waals surface area contributed by atoms with Crippen LogP contribution in [0.5, 0.6) is 0 Å². The fraction of sp³-hybridized carbons (Fsp3) is 0.625. The van der Waals surface area contributed by atoms with Crippen LogP contribution >= 0.6 is 0 Å². The molecule has 0 bridgehead atoms. The molecule has 0 unspecified atom stereocenters. The zero-order valence-corrected chi connectivity index (χ0v) is 11.3. The third-order valence-electron chi connectivity index (χ3n) is 4.29. The topological polar surface area (TPSA) is 59.4 Å². The molecule has 1 aromatic rings. The van der Waals surface area contributed by atoms with Crippen LogP contribution in [0.3, 0.4) is 0 Å². The Morgan fingerprint density at radius 1 is 1.40 bits per heavy atom. The average Bonchev–Trinajstić information content (AvgIpc) is 2.63. The van der Waals surface area contributed by atoms with Crippen LogP contribution in [0.15, 0.2) is 24.4 Å². The Hall–Kier alpha value is -1.42. The fourth-order valence-electron chi connectivity index (χ4n) is 3.38. The predicted molar refractivity (Wildman–Crippen MR) is 74.6 cm³/mol. The third-order valence-corrected chi connectivity index (χ3v) is 4.29. The van der Waals surface area contributed by atoms with E-state index in [1.54, 1.807) is 24.4 Å². The van der Waals surface area contributed by atoms with E-state index in [-0.39, 0.29) is 32.3 Å². The molecule has 0 aromatic carbocycles. The van der Waals surface area contributed by atoms with E-state index in [0.29, 0.717) is 12.1 Å². The van der Waals surface area contributed by atoms with E-state index >= 15 is 0 Å². The molecular formula is C16H21NO3. The Kier molecular flexibility index (Phi) is 2.46. The quantitative estimate of drug-likeness (QED) is 0.924. The maximum atomic E-state index is 11.5. The summed E-state index contributed by atoms with van der Waals surface area (Å²) in [5.74, 6) is -0.943. The third kappa shape index (κ3) is 2.44. The van der Waals surface area contributed by atoms with Crippen LogP contribution < -0.4 is 0 Å². The highest BCUT2D eigenvalue weighted by atomic mass is 16.5. The van der Waals surface area contributed by atoms with Gasteiger partial charge in [-0.05, 0) is 37.8 Å². The zero-order valence-electron chi connectivity index (χ0n) is 15.3. The van der Waals surface area contributed by atoms with Crippen molar-refractivity contribution < 1.29 is 20.1 Å². The van der Waals surface area contributed by atoms with Crippen molar-refractivity contribution in [2.75, 3.05) is 6.61 Å². The number of nitrogens with zero attached hydrogens (tertiary/aromatic N) is 1. The van der Waals surface area contributed by atoms with Crippen LogP contribution in [0, 0.1) is 0 Å². The Bertz CT molecular complexity index is 621. The summed E-state index contributed by atoms with van der Waals surface area (Å²) >= 11 is 0. The van der Waals surface area contributed by atoms with Gasteiger partial charge in [-0.2, -0.15) is 0 Å². The summed E-state index contributed by atoms with van der Waals surface area (Å²) in [6.07, 6.45) is -1.89. The van der Waals surface area contributed by atoms with Gasteiger partial charge in [-0.3, -0.25) is 9.78 Å². The number of aromatic nitrogens is 1. The number of carboxylic acid groups (broad SMARTS) is 1. The summed E-state index contributed by atoms with van der Waals surface area (Å²) in [5, 5.41) is 9.41. The standard InChI is InChI=1S/C16H21NO3/c18-14(19)11-15(13-5-1-4-9-17-13)8-10-20-16(12-15)6-2-3-7-16/h1,4-5,9H,2-3,6-8,10-12H2,(H,18,19)/t15-/m0/s1/i2D2,3D2. The molecule has 4 heteroatoms. The molecule has 1 saturated heterocycles. The number of aliphatic carboxylic acids is 1. The predicted octanol–water partition coefficient (Wildman–Crippen LogP) is 2.92. The van der Waals surface area contributed by atoms with Gasteiger partial charge in [0, 0.05) is 29.4 Å². The highest BCUT2D eigenvalue weighted by molar-refractivity contribution is 5.69. The minimum absolute atomic E-state index is 0.0683. The van der Waals surface area contributed by atoms with E-state index in [0.717, 1.165) is 0 Å². The molecule has 4 nitrogen and oxygen atoms in total. The molecule has 1 aliphatic carbocycles. The fourth-order valence-corrected chi connectivity index (χ4v) is 3.38. The molecule has 0 amide bonds. The number of ether oxygens (including phenoxy) is 1. The molecule has 108 valence electrons. The van der Waals surface area contributed by atoms with Gasteiger partial charge in [0.05, 0.1) is 12.0 Å². The first-order chi connectivity index (χ1) is 11.1. The molecule has 3 rings (SSSR count). The molecule has 1 spiro atoms. The number of rotatable bonds is 3. The molecule has 2 aliphatic rings. The van der Waals surface area contributed by atoms with Crippen molar-refractivity contribution in [3.63, 3.8) is 0 Å². The highest BCUT2D eigenvalue weighted by Gasteiger charge is 2.49. The van der Waals surface area contributed by atoms with Gasteiger partial charge in [-0.25, -0.2) is 0 Å². The Morgan fingerprint density at radius 3 is 2.85 bits per heavy atom. The average molecular weight is 279 g/mol. The van der Waals surface area contributed by atoms with Crippen molar-refractivity contribution in [1.82, 2.24) is 4.98 Å². The summed E-state index contributed by atoms with van der Waals surface area (Å²) in [4.78, 5) is 15.8. The minimum Gasteiger partial charge on any atom is -0.481 e. The summed E-state index contributed by atoms with van der Waals surface area (Å²) in [5.41, 5.74) is -1.09. The molecule has 0 radical (unpaired) electrons. The number of hydrogen-bond acceptors (Lipinski definition) is 3. The molecule has 1 aliphatic heterocycles. The van der Waals surface area contributed by atoms with Gasteiger partial charge >= 0.3 is 5.97 Å². The van der Waals surface area contributed by atoms with Crippen LogP contribution in [0.2, 0.25) is 0 Å². The molecule has 1 N–H and O–H groups in total. The van der Waals surface area contributed by atoms with Crippen molar-refractivity contribution in [1.29, 1.82) is 0 Å². The molecule has 20 heavy (non-hydrogen) atoms. The summed E-state index contributed by atoms with van der Waals surface area (Å²) in [6.45, 7) is 0.274. The zero-order chi connectivity index (χ0) is 17.6. The Morgan fingerprint density at radius 2 is 2.20 bits per heavy atom. The first kappa shape index (κ1) is 9.50. The Labute approximate surface area is 124 Å². The van der Waals surface area contributed by atoms with Crippen molar-refractivity contribution in [2.45, 2.75) is 55.9 Å². The second-order valence-electron chi connectivity index (χ2n) is 5.73. The minimum atomic E-state index is -2.00. The van der Waals surface area contributed by atoms with Gasteiger partial charge < -0.3 is 9.84 Å². The maximum Gasteiger partial charge on any atom is 0.304 e. The summed E-state index contributed by atoms with van der Waals surface area (Å²) in [7, 11) is 0.